The van der Waals surface area contributed by atoms with Crippen LogP contribution in [0.5, 0.6) is 0 Å². The lowest BCUT2D eigenvalue weighted by atomic mass is 10.1. The number of hydrogen-bond acceptors (Lipinski definition) is 4. The lowest BCUT2D eigenvalue weighted by Crippen LogP contribution is -2.35. The van der Waals surface area contributed by atoms with E-state index >= 15 is 0 Å². The zero-order chi connectivity index (χ0) is 16.8. The van der Waals surface area contributed by atoms with Gasteiger partial charge in [-0.2, -0.15) is 0 Å². The fourth-order valence-corrected chi connectivity index (χ4v) is 5.41. The molecule has 0 spiro atoms. The van der Waals surface area contributed by atoms with Crippen molar-refractivity contribution in [2.75, 3.05) is 6.61 Å². The highest BCUT2D eigenvalue weighted by molar-refractivity contribution is 7.92. The lowest BCUT2D eigenvalue weighted by Gasteiger charge is -2.08. The molecule has 1 fully saturated rings. The van der Waals surface area contributed by atoms with Gasteiger partial charge in [-0.3, -0.25) is 0 Å². The maximum Gasteiger partial charge on any atom is 0.183 e. The maximum atomic E-state index is 13.1. The molecule has 2 aromatic rings. The average Bonchev–Trinajstić information content (AvgIpc) is 3.16. The molecule has 23 heavy (non-hydrogen) atoms. The fourth-order valence-electron chi connectivity index (χ4n) is 3.11. The van der Waals surface area contributed by atoms with E-state index in [4.69, 9.17) is 5.73 Å². The van der Waals surface area contributed by atoms with Crippen LogP contribution < -0.4 is 5.73 Å². The van der Waals surface area contributed by atoms with E-state index < -0.39 is 39.0 Å². The second-order valence-electron chi connectivity index (χ2n) is 6.08. The number of benzene rings is 2. The maximum absolute atomic E-state index is 13.1. The molecule has 122 valence electrons. The average molecular weight is 335 g/mol. The van der Waals surface area contributed by atoms with E-state index in [-0.39, 0.29) is 4.90 Å². The van der Waals surface area contributed by atoms with Crippen LogP contribution in [0, 0.1) is 12.7 Å². The molecule has 3 rings (SSSR count). The smallest absolute Gasteiger partial charge is 0.183 e. The van der Waals surface area contributed by atoms with Crippen molar-refractivity contribution in [2.24, 2.45) is 5.73 Å². The molecule has 1 aliphatic carbocycles. The van der Waals surface area contributed by atoms with Gasteiger partial charge in [0, 0.05) is 5.92 Å². The lowest BCUT2D eigenvalue weighted by molar-refractivity contribution is 0.253. The van der Waals surface area contributed by atoms with Gasteiger partial charge in [-0.15, -0.1) is 0 Å². The monoisotopic (exact) mass is 335 g/mol. The summed E-state index contributed by atoms with van der Waals surface area (Å²) in [7, 11) is -3.69. The number of aliphatic hydroxyl groups is 1. The highest BCUT2D eigenvalue weighted by Crippen LogP contribution is 2.55. The summed E-state index contributed by atoms with van der Waals surface area (Å²) in [4.78, 5) is 0.181. The SMILES string of the molecule is Cc1ccc(S(=O)(=O)[C@H]2[C@H](c3ccc(F)cc3)[C@@]2(N)CO)cc1. The topological polar surface area (TPSA) is 80.4 Å². The Morgan fingerprint density at radius 2 is 1.70 bits per heavy atom. The summed E-state index contributed by atoms with van der Waals surface area (Å²) >= 11 is 0. The molecular weight excluding hydrogens is 317 g/mol. The number of sulfone groups is 1. The van der Waals surface area contributed by atoms with Crippen LogP contribution >= 0.6 is 0 Å². The summed E-state index contributed by atoms with van der Waals surface area (Å²) in [6.45, 7) is 1.42. The third-order valence-corrected chi connectivity index (χ3v) is 6.80. The van der Waals surface area contributed by atoms with Gasteiger partial charge in [-0.25, -0.2) is 12.8 Å². The second kappa shape index (κ2) is 5.40. The Kier molecular flexibility index (Phi) is 3.78. The van der Waals surface area contributed by atoms with Gasteiger partial charge in [0.2, 0.25) is 0 Å². The van der Waals surface area contributed by atoms with E-state index in [1.165, 1.54) is 24.3 Å². The van der Waals surface area contributed by atoms with Gasteiger partial charge in [0.1, 0.15) is 5.82 Å². The van der Waals surface area contributed by atoms with Crippen molar-refractivity contribution < 1.29 is 17.9 Å². The van der Waals surface area contributed by atoms with Crippen molar-refractivity contribution in [3.63, 3.8) is 0 Å². The minimum Gasteiger partial charge on any atom is -0.394 e. The molecule has 0 unspecified atom stereocenters. The molecule has 3 atom stereocenters. The summed E-state index contributed by atoms with van der Waals surface area (Å²) in [5.74, 6) is -0.960. The molecule has 0 bridgehead atoms. The van der Waals surface area contributed by atoms with Crippen molar-refractivity contribution in [3.8, 4) is 0 Å². The Balaban J connectivity index is 2.01. The van der Waals surface area contributed by atoms with Crippen LogP contribution in [0.25, 0.3) is 0 Å². The molecule has 0 amide bonds. The molecule has 0 aliphatic heterocycles. The van der Waals surface area contributed by atoms with Gasteiger partial charge >= 0.3 is 0 Å². The summed E-state index contributed by atoms with van der Waals surface area (Å²) in [6, 6.07) is 12.1. The van der Waals surface area contributed by atoms with Gasteiger partial charge in [0.05, 0.1) is 22.3 Å². The molecule has 0 radical (unpaired) electrons. The van der Waals surface area contributed by atoms with Gasteiger partial charge in [0.25, 0.3) is 0 Å². The van der Waals surface area contributed by atoms with Crippen molar-refractivity contribution in [1.82, 2.24) is 0 Å². The Labute approximate surface area is 134 Å². The third-order valence-electron chi connectivity index (χ3n) is 4.49. The molecule has 1 saturated carbocycles. The number of rotatable bonds is 4. The van der Waals surface area contributed by atoms with Crippen LogP contribution in [-0.4, -0.2) is 30.9 Å². The number of aryl methyl sites for hydroxylation is 1. The van der Waals surface area contributed by atoms with E-state index in [0.29, 0.717) is 5.56 Å². The van der Waals surface area contributed by atoms with E-state index in [9.17, 15) is 17.9 Å². The number of halogens is 1. The Morgan fingerprint density at radius 3 is 2.22 bits per heavy atom. The summed E-state index contributed by atoms with van der Waals surface area (Å²) in [6.07, 6.45) is 0. The van der Waals surface area contributed by atoms with Crippen molar-refractivity contribution >= 4 is 9.84 Å². The minimum atomic E-state index is -3.69. The van der Waals surface area contributed by atoms with Crippen LogP contribution in [0.15, 0.2) is 53.4 Å². The number of nitrogens with two attached hydrogens (primary N) is 1. The molecule has 6 heteroatoms. The first-order chi connectivity index (χ1) is 10.8. The predicted molar refractivity (Wildman–Crippen MR) is 85.3 cm³/mol. The van der Waals surface area contributed by atoms with Gasteiger partial charge in [-0.05, 0) is 36.8 Å². The van der Waals surface area contributed by atoms with Crippen LogP contribution in [0.3, 0.4) is 0 Å². The largest absolute Gasteiger partial charge is 0.394 e. The fraction of sp³-hybridized carbons (Fsp3) is 0.294. The molecule has 0 saturated heterocycles. The van der Waals surface area contributed by atoms with E-state index in [1.54, 1.807) is 24.3 Å². The molecule has 3 N–H and O–H groups in total. The van der Waals surface area contributed by atoms with Crippen molar-refractivity contribution in [1.29, 1.82) is 0 Å². The van der Waals surface area contributed by atoms with Crippen LogP contribution in [0.2, 0.25) is 0 Å². The zero-order valence-corrected chi connectivity index (χ0v) is 13.4. The molecule has 0 heterocycles. The molecule has 4 nitrogen and oxygen atoms in total. The van der Waals surface area contributed by atoms with Gasteiger partial charge in [-0.1, -0.05) is 29.8 Å². The third kappa shape index (κ3) is 2.56. The van der Waals surface area contributed by atoms with Crippen LogP contribution in [0.1, 0.15) is 17.0 Å². The Bertz CT molecular complexity index is 818. The summed E-state index contributed by atoms with van der Waals surface area (Å²) in [5, 5.41) is 8.69. The molecule has 2 aromatic carbocycles. The van der Waals surface area contributed by atoms with Gasteiger partial charge in [0.15, 0.2) is 9.84 Å². The van der Waals surface area contributed by atoms with Crippen molar-refractivity contribution in [2.45, 2.75) is 28.5 Å². The highest BCUT2D eigenvalue weighted by atomic mass is 32.2. The predicted octanol–water partition coefficient (Wildman–Crippen LogP) is 1.76. The molecule has 1 aliphatic rings. The first kappa shape index (κ1) is 16.1. The van der Waals surface area contributed by atoms with Crippen LogP contribution in [0.4, 0.5) is 4.39 Å². The quantitative estimate of drug-likeness (QED) is 0.892. The Hall–Kier alpha value is -1.76. The molecule has 0 aromatic heterocycles. The zero-order valence-electron chi connectivity index (χ0n) is 12.6. The Morgan fingerprint density at radius 1 is 1.13 bits per heavy atom. The minimum absolute atomic E-state index is 0.181. The van der Waals surface area contributed by atoms with Crippen LogP contribution in [-0.2, 0) is 9.84 Å². The van der Waals surface area contributed by atoms with E-state index in [2.05, 4.69) is 0 Å². The van der Waals surface area contributed by atoms with Crippen molar-refractivity contribution in [3.05, 3.63) is 65.5 Å². The first-order valence-corrected chi connectivity index (χ1v) is 8.81. The standard InChI is InChI=1S/C17H18FNO3S/c1-11-2-8-14(9-3-11)23(21,22)16-15(17(16,19)10-20)12-4-6-13(18)7-5-12/h2-9,15-16,20H,10,19H2,1H3/t15-,16-,17-/m0/s1. The molecular formula is C17H18FNO3S. The van der Waals surface area contributed by atoms with E-state index in [0.717, 1.165) is 5.56 Å². The summed E-state index contributed by atoms with van der Waals surface area (Å²) < 4.78 is 38.8. The second-order valence-corrected chi connectivity index (χ2v) is 8.15. The highest BCUT2D eigenvalue weighted by Gasteiger charge is 2.69. The van der Waals surface area contributed by atoms with Gasteiger partial charge < -0.3 is 10.8 Å². The summed E-state index contributed by atoms with van der Waals surface area (Å²) in [5.41, 5.74) is 6.46. The number of hydrogen-bond donors (Lipinski definition) is 2. The van der Waals surface area contributed by atoms with E-state index in [1.807, 2.05) is 6.92 Å². The first-order valence-electron chi connectivity index (χ1n) is 7.26. The number of aliphatic hydroxyl groups excluding tert-OH is 1. The normalized spacial score (nSPS) is 27.0.